The third-order valence-electron chi connectivity index (χ3n) is 4.69. The van der Waals surface area contributed by atoms with E-state index in [4.69, 9.17) is 17.0 Å². The normalized spacial score (nSPS) is 25.0. The van der Waals surface area contributed by atoms with Gasteiger partial charge in [-0.2, -0.15) is 0 Å². The van der Waals surface area contributed by atoms with Crippen molar-refractivity contribution < 1.29 is 17.5 Å². The van der Waals surface area contributed by atoms with Gasteiger partial charge in [-0.3, -0.25) is 0 Å². The first-order valence-corrected chi connectivity index (χ1v) is 10.8. The van der Waals surface area contributed by atoms with Crippen LogP contribution in [0.2, 0.25) is 0 Å². The van der Waals surface area contributed by atoms with Gasteiger partial charge in [-0.15, -0.1) is 0 Å². The Hall–Kier alpha value is -1.25. The summed E-state index contributed by atoms with van der Waals surface area (Å²) in [5.74, 6) is 0.0701. The SMILES string of the molecule is O=S1(=O)CC[C@@H](N(C[C@H]2CCCO2)C(=S)NCc2ccc(F)cc2)C1. The molecule has 2 aliphatic heterocycles. The van der Waals surface area contributed by atoms with Crippen LogP contribution >= 0.6 is 12.2 Å². The maximum absolute atomic E-state index is 13.0. The lowest BCUT2D eigenvalue weighted by Crippen LogP contribution is -2.49. The Morgan fingerprint density at radius 1 is 1.32 bits per heavy atom. The molecule has 5 nitrogen and oxygen atoms in total. The highest BCUT2D eigenvalue weighted by atomic mass is 32.2. The van der Waals surface area contributed by atoms with E-state index in [1.165, 1.54) is 12.1 Å². The van der Waals surface area contributed by atoms with Crippen molar-refractivity contribution in [1.29, 1.82) is 0 Å². The van der Waals surface area contributed by atoms with E-state index in [2.05, 4.69) is 5.32 Å². The zero-order chi connectivity index (χ0) is 17.9. The highest BCUT2D eigenvalue weighted by Gasteiger charge is 2.35. The maximum atomic E-state index is 13.0. The fraction of sp³-hybridized carbons (Fsp3) is 0.588. The Morgan fingerprint density at radius 3 is 2.68 bits per heavy atom. The van der Waals surface area contributed by atoms with Crippen molar-refractivity contribution >= 4 is 27.2 Å². The second kappa shape index (κ2) is 7.97. The number of thiocarbonyl (C=S) groups is 1. The summed E-state index contributed by atoms with van der Waals surface area (Å²) in [5, 5.41) is 3.71. The van der Waals surface area contributed by atoms with Crippen LogP contribution in [0.5, 0.6) is 0 Å². The fourth-order valence-electron chi connectivity index (χ4n) is 3.31. The standard InChI is InChI=1S/C17H23FN2O3S2/c18-14-5-3-13(4-6-14)10-19-17(24)20(11-16-2-1-8-23-16)15-7-9-25(21,22)12-15/h3-6,15-16H,1-2,7-12H2,(H,19,24)/t15-,16-/m1/s1. The minimum Gasteiger partial charge on any atom is -0.376 e. The van der Waals surface area contributed by atoms with Crippen LogP contribution in [0, 0.1) is 5.82 Å². The molecule has 0 aromatic heterocycles. The third-order valence-corrected chi connectivity index (χ3v) is 6.82. The summed E-state index contributed by atoms with van der Waals surface area (Å²) >= 11 is 5.54. The molecule has 2 saturated heterocycles. The summed E-state index contributed by atoms with van der Waals surface area (Å²) in [6.07, 6.45) is 2.68. The Kier molecular flexibility index (Phi) is 5.91. The van der Waals surface area contributed by atoms with Crippen molar-refractivity contribution in [3.8, 4) is 0 Å². The topological polar surface area (TPSA) is 58.6 Å². The predicted molar refractivity (Wildman–Crippen MR) is 98.6 cm³/mol. The summed E-state index contributed by atoms with van der Waals surface area (Å²) in [6.45, 7) is 1.83. The van der Waals surface area contributed by atoms with Crippen LogP contribution in [0.15, 0.2) is 24.3 Å². The molecule has 0 spiro atoms. The second-order valence-corrected chi connectivity index (χ2v) is 9.24. The molecule has 1 N–H and O–H groups in total. The number of rotatable bonds is 5. The summed E-state index contributed by atoms with van der Waals surface area (Å²) < 4.78 is 42.4. The highest BCUT2D eigenvalue weighted by Crippen LogP contribution is 2.21. The highest BCUT2D eigenvalue weighted by molar-refractivity contribution is 7.91. The monoisotopic (exact) mass is 386 g/mol. The molecule has 0 aliphatic carbocycles. The minimum atomic E-state index is -2.99. The van der Waals surface area contributed by atoms with E-state index in [0.29, 0.717) is 24.6 Å². The van der Waals surface area contributed by atoms with Crippen LogP contribution in [0.3, 0.4) is 0 Å². The Morgan fingerprint density at radius 2 is 2.08 bits per heavy atom. The van der Waals surface area contributed by atoms with Gasteiger partial charge in [0.25, 0.3) is 0 Å². The first-order chi connectivity index (χ1) is 11.9. The molecule has 2 fully saturated rings. The van der Waals surface area contributed by atoms with Gasteiger partial charge in [-0.05, 0) is 49.2 Å². The van der Waals surface area contributed by atoms with Gasteiger partial charge in [0.1, 0.15) is 5.82 Å². The lowest BCUT2D eigenvalue weighted by Gasteiger charge is -2.33. The van der Waals surface area contributed by atoms with E-state index in [1.807, 2.05) is 4.90 Å². The molecule has 3 rings (SSSR count). The summed E-state index contributed by atoms with van der Waals surface area (Å²) in [7, 11) is -2.99. The third kappa shape index (κ3) is 5.12. The Balaban J connectivity index is 1.64. The Labute approximate surface area is 153 Å². The molecule has 2 atom stereocenters. The number of benzene rings is 1. The molecule has 0 unspecified atom stereocenters. The van der Waals surface area contributed by atoms with E-state index in [9.17, 15) is 12.8 Å². The molecule has 25 heavy (non-hydrogen) atoms. The largest absolute Gasteiger partial charge is 0.376 e. The Bertz CT molecular complexity index is 703. The number of sulfone groups is 1. The lowest BCUT2D eigenvalue weighted by molar-refractivity contribution is 0.0841. The molecule has 2 aliphatic rings. The zero-order valence-electron chi connectivity index (χ0n) is 14.0. The van der Waals surface area contributed by atoms with Gasteiger partial charge in [0.05, 0.1) is 17.6 Å². The van der Waals surface area contributed by atoms with Crippen LogP contribution in [-0.2, 0) is 21.1 Å². The van der Waals surface area contributed by atoms with Crippen molar-refractivity contribution in [2.24, 2.45) is 0 Å². The molecule has 0 radical (unpaired) electrons. The average Bonchev–Trinajstić information content (AvgIpc) is 3.21. The lowest BCUT2D eigenvalue weighted by atomic mass is 10.1. The molecule has 2 heterocycles. The van der Waals surface area contributed by atoms with Crippen molar-refractivity contribution in [3.05, 3.63) is 35.6 Å². The summed E-state index contributed by atoms with van der Waals surface area (Å²) in [5.41, 5.74) is 0.917. The summed E-state index contributed by atoms with van der Waals surface area (Å²) in [4.78, 5) is 1.97. The number of hydrogen-bond acceptors (Lipinski definition) is 4. The van der Waals surface area contributed by atoms with E-state index in [0.717, 1.165) is 25.0 Å². The molecule has 1 aromatic carbocycles. The first-order valence-electron chi connectivity index (χ1n) is 8.54. The van der Waals surface area contributed by atoms with Gasteiger partial charge in [0.15, 0.2) is 14.9 Å². The number of hydrogen-bond donors (Lipinski definition) is 1. The van der Waals surface area contributed by atoms with Gasteiger partial charge < -0.3 is 15.0 Å². The van der Waals surface area contributed by atoms with Crippen LogP contribution in [0.1, 0.15) is 24.8 Å². The van der Waals surface area contributed by atoms with Crippen molar-refractivity contribution in [2.45, 2.75) is 38.0 Å². The van der Waals surface area contributed by atoms with E-state index < -0.39 is 9.84 Å². The van der Waals surface area contributed by atoms with E-state index in [1.54, 1.807) is 12.1 Å². The van der Waals surface area contributed by atoms with Gasteiger partial charge in [-0.1, -0.05) is 12.1 Å². The molecule has 8 heteroatoms. The molecule has 1 aromatic rings. The first kappa shape index (κ1) is 18.5. The van der Waals surface area contributed by atoms with Crippen molar-refractivity contribution in [1.82, 2.24) is 10.2 Å². The number of nitrogens with one attached hydrogen (secondary N) is 1. The maximum Gasteiger partial charge on any atom is 0.169 e. The zero-order valence-corrected chi connectivity index (χ0v) is 15.6. The van der Waals surface area contributed by atoms with Gasteiger partial charge in [0.2, 0.25) is 0 Å². The predicted octanol–water partition coefficient (Wildman–Crippen LogP) is 1.87. The molecule has 0 saturated carbocycles. The molecular weight excluding hydrogens is 363 g/mol. The molecular formula is C17H23FN2O3S2. The van der Waals surface area contributed by atoms with Crippen LogP contribution < -0.4 is 5.32 Å². The van der Waals surface area contributed by atoms with Crippen LogP contribution in [0.4, 0.5) is 4.39 Å². The number of nitrogens with zero attached hydrogens (tertiary/aromatic N) is 1. The molecule has 0 amide bonds. The minimum absolute atomic E-state index is 0.0916. The number of ether oxygens (including phenoxy) is 1. The van der Waals surface area contributed by atoms with E-state index >= 15 is 0 Å². The second-order valence-electron chi connectivity index (χ2n) is 6.63. The van der Waals surface area contributed by atoms with Gasteiger partial charge >= 0.3 is 0 Å². The van der Waals surface area contributed by atoms with Gasteiger partial charge in [-0.25, -0.2) is 12.8 Å². The quantitative estimate of drug-likeness (QED) is 0.780. The van der Waals surface area contributed by atoms with E-state index in [-0.39, 0.29) is 29.5 Å². The summed E-state index contributed by atoms with van der Waals surface area (Å²) in [6, 6.07) is 6.12. The average molecular weight is 387 g/mol. The van der Waals surface area contributed by atoms with Crippen molar-refractivity contribution in [2.75, 3.05) is 24.7 Å². The molecule has 0 bridgehead atoms. The van der Waals surface area contributed by atoms with Gasteiger partial charge in [0, 0.05) is 25.7 Å². The fourth-order valence-corrected chi connectivity index (χ4v) is 5.33. The van der Waals surface area contributed by atoms with Crippen LogP contribution in [0.25, 0.3) is 0 Å². The smallest absolute Gasteiger partial charge is 0.169 e. The number of halogens is 1. The van der Waals surface area contributed by atoms with Crippen LogP contribution in [-0.4, -0.2) is 55.2 Å². The molecule has 138 valence electrons. The van der Waals surface area contributed by atoms with Crippen molar-refractivity contribution in [3.63, 3.8) is 0 Å².